The number of halogens is 3. The Balaban J connectivity index is 2.78. The Morgan fingerprint density at radius 2 is 2.21 bits per heavy atom. The molecule has 106 valence electrons. The van der Waals surface area contributed by atoms with Crippen LogP contribution in [0.2, 0.25) is 0 Å². The number of nitrogens with one attached hydrogen (secondary N) is 1. The fourth-order valence-corrected chi connectivity index (χ4v) is 1.75. The fraction of sp³-hybridized carbons (Fsp3) is 0.444. The average molecular weight is 298 g/mol. The summed E-state index contributed by atoms with van der Waals surface area (Å²) in [6, 6.07) is -1.35. The van der Waals surface area contributed by atoms with Crippen molar-refractivity contribution in [2.75, 3.05) is 13.7 Å². The predicted molar refractivity (Wildman–Crippen MR) is 57.9 cm³/mol. The van der Waals surface area contributed by atoms with Crippen molar-refractivity contribution in [3.63, 3.8) is 0 Å². The van der Waals surface area contributed by atoms with Crippen LogP contribution in [-0.4, -0.2) is 41.7 Å². The number of alkyl halides is 3. The number of aromatic nitrogens is 1. The molecule has 0 aliphatic carbocycles. The molecular formula is C9H9F3N2O4S. The highest BCUT2D eigenvalue weighted by molar-refractivity contribution is 7.09. The van der Waals surface area contributed by atoms with Crippen LogP contribution >= 0.6 is 11.3 Å². The number of aliphatic carboxylic acids is 1. The summed E-state index contributed by atoms with van der Waals surface area (Å²) in [6.45, 7) is -0.308. The van der Waals surface area contributed by atoms with E-state index >= 15 is 0 Å². The molecule has 0 saturated carbocycles. The van der Waals surface area contributed by atoms with Gasteiger partial charge in [0.25, 0.3) is 5.91 Å². The molecule has 1 amide bonds. The van der Waals surface area contributed by atoms with Crippen LogP contribution in [0.3, 0.4) is 0 Å². The summed E-state index contributed by atoms with van der Waals surface area (Å²) in [5.74, 6) is -2.36. The molecular weight excluding hydrogens is 289 g/mol. The number of amides is 1. The third-order valence-corrected chi connectivity index (χ3v) is 2.80. The van der Waals surface area contributed by atoms with Crippen molar-refractivity contribution in [3.8, 4) is 0 Å². The molecule has 1 rings (SSSR count). The molecule has 1 unspecified atom stereocenters. The molecule has 0 aliphatic rings. The smallest absolute Gasteiger partial charge is 0.443 e. The highest BCUT2D eigenvalue weighted by atomic mass is 32.1. The molecule has 1 aromatic heterocycles. The van der Waals surface area contributed by atoms with Crippen molar-refractivity contribution in [3.05, 3.63) is 16.1 Å². The SMILES string of the molecule is COCC(NC(=O)c1csc(C(F)(F)F)n1)C(=O)O. The lowest BCUT2D eigenvalue weighted by atomic mass is 10.3. The highest BCUT2D eigenvalue weighted by Gasteiger charge is 2.35. The van der Waals surface area contributed by atoms with Crippen molar-refractivity contribution < 1.29 is 32.6 Å². The number of carboxylic acids is 1. The number of ether oxygens (including phenoxy) is 1. The number of carboxylic acid groups (broad SMARTS) is 1. The summed E-state index contributed by atoms with van der Waals surface area (Å²) in [7, 11) is 1.23. The normalized spacial score (nSPS) is 13.1. The Hall–Kier alpha value is -1.68. The second-order valence-corrected chi connectivity index (χ2v) is 4.21. The minimum Gasteiger partial charge on any atom is -0.480 e. The molecule has 19 heavy (non-hydrogen) atoms. The minimum absolute atomic E-state index is 0.258. The summed E-state index contributed by atoms with van der Waals surface area (Å²) in [6.07, 6.45) is -4.64. The van der Waals surface area contributed by atoms with Crippen molar-refractivity contribution in [2.45, 2.75) is 12.2 Å². The predicted octanol–water partition coefficient (Wildman–Crippen LogP) is 0.991. The molecule has 0 bridgehead atoms. The van der Waals surface area contributed by atoms with Crippen LogP contribution in [0, 0.1) is 0 Å². The summed E-state index contributed by atoms with van der Waals surface area (Å²) in [4.78, 5) is 25.4. The molecule has 1 aromatic rings. The van der Waals surface area contributed by atoms with Gasteiger partial charge < -0.3 is 15.2 Å². The van der Waals surface area contributed by atoms with Crippen molar-refractivity contribution >= 4 is 23.2 Å². The molecule has 10 heteroatoms. The zero-order chi connectivity index (χ0) is 14.6. The van der Waals surface area contributed by atoms with Crippen LogP contribution in [0.1, 0.15) is 15.5 Å². The van der Waals surface area contributed by atoms with Gasteiger partial charge in [-0.05, 0) is 0 Å². The fourth-order valence-electron chi connectivity index (χ4n) is 1.08. The van der Waals surface area contributed by atoms with E-state index < -0.39 is 34.8 Å². The van der Waals surface area contributed by atoms with Crippen LogP contribution in [0.25, 0.3) is 0 Å². The van der Waals surface area contributed by atoms with Gasteiger partial charge >= 0.3 is 12.1 Å². The number of rotatable bonds is 5. The van der Waals surface area contributed by atoms with Crippen molar-refractivity contribution in [2.24, 2.45) is 0 Å². The third-order valence-electron chi connectivity index (χ3n) is 1.92. The maximum Gasteiger partial charge on any atom is 0.443 e. The largest absolute Gasteiger partial charge is 0.480 e. The zero-order valence-electron chi connectivity index (χ0n) is 9.52. The number of thiazole rings is 1. The van der Waals surface area contributed by atoms with Gasteiger partial charge in [-0.15, -0.1) is 11.3 Å². The minimum atomic E-state index is -4.64. The quantitative estimate of drug-likeness (QED) is 0.846. The van der Waals surface area contributed by atoms with E-state index in [1.54, 1.807) is 0 Å². The van der Waals surface area contributed by atoms with Gasteiger partial charge in [0.1, 0.15) is 5.69 Å². The zero-order valence-corrected chi connectivity index (χ0v) is 10.3. The van der Waals surface area contributed by atoms with E-state index in [9.17, 15) is 22.8 Å². The van der Waals surface area contributed by atoms with Crippen LogP contribution in [0.5, 0.6) is 0 Å². The lowest BCUT2D eigenvalue weighted by Crippen LogP contribution is -2.43. The van der Waals surface area contributed by atoms with E-state index in [4.69, 9.17) is 5.11 Å². The van der Waals surface area contributed by atoms with Crippen molar-refractivity contribution in [1.82, 2.24) is 10.3 Å². The lowest BCUT2D eigenvalue weighted by Gasteiger charge is -2.12. The van der Waals surface area contributed by atoms with E-state index in [2.05, 4.69) is 9.72 Å². The van der Waals surface area contributed by atoms with E-state index in [0.29, 0.717) is 0 Å². The Bertz CT molecular complexity index is 474. The molecule has 1 atom stereocenters. The first-order chi connectivity index (χ1) is 8.75. The number of carbonyl (C=O) groups excluding carboxylic acids is 1. The molecule has 0 aromatic carbocycles. The number of carbonyl (C=O) groups is 2. The standard InChI is InChI=1S/C9H9F3N2O4S/c1-18-2-4(7(16)17)13-6(15)5-3-19-8(14-5)9(10,11)12/h3-4H,2H2,1H3,(H,13,15)(H,16,17). The summed E-state index contributed by atoms with van der Waals surface area (Å²) >= 11 is 0.258. The maximum absolute atomic E-state index is 12.3. The number of methoxy groups -OCH3 is 1. The summed E-state index contributed by atoms with van der Waals surface area (Å²) in [5, 5.41) is 10.5. The maximum atomic E-state index is 12.3. The second-order valence-electron chi connectivity index (χ2n) is 3.36. The lowest BCUT2D eigenvalue weighted by molar-refractivity contribution is -0.140. The summed E-state index contributed by atoms with van der Waals surface area (Å²) in [5.41, 5.74) is -0.486. The first kappa shape index (κ1) is 15.4. The molecule has 2 N–H and O–H groups in total. The topological polar surface area (TPSA) is 88.5 Å². The van der Waals surface area contributed by atoms with Crippen LogP contribution in [-0.2, 0) is 15.7 Å². The van der Waals surface area contributed by atoms with E-state index in [-0.39, 0.29) is 17.9 Å². The highest BCUT2D eigenvalue weighted by Crippen LogP contribution is 2.31. The van der Waals surface area contributed by atoms with Crippen molar-refractivity contribution in [1.29, 1.82) is 0 Å². The van der Waals surface area contributed by atoms with Crippen LogP contribution in [0.4, 0.5) is 13.2 Å². The number of nitrogens with zero attached hydrogens (tertiary/aromatic N) is 1. The molecule has 6 nitrogen and oxygen atoms in total. The van der Waals surface area contributed by atoms with Gasteiger partial charge in [-0.1, -0.05) is 0 Å². The van der Waals surface area contributed by atoms with Gasteiger partial charge in [-0.25, -0.2) is 9.78 Å². The Morgan fingerprint density at radius 3 is 2.63 bits per heavy atom. The first-order valence-corrected chi connectivity index (χ1v) is 5.69. The molecule has 0 saturated heterocycles. The molecule has 0 spiro atoms. The number of hydrogen-bond acceptors (Lipinski definition) is 5. The first-order valence-electron chi connectivity index (χ1n) is 4.81. The van der Waals surface area contributed by atoms with Gasteiger partial charge in [0.2, 0.25) is 0 Å². The van der Waals surface area contributed by atoms with Gasteiger partial charge in [-0.3, -0.25) is 4.79 Å². The molecule has 0 aliphatic heterocycles. The van der Waals surface area contributed by atoms with Gasteiger partial charge in [0.05, 0.1) is 6.61 Å². The number of hydrogen-bond donors (Lipinski definition) is 2. The van der Waals surface area contributed by atoms with Crippen LogP contribution < -0.4 is 5.32 Å². The van der Waals surface area contributed by atoms with Gasteiger partial charge in [-0.2, -0.15) is 13.2 Å². The molecule has 1 heterocycles. The van der Waals surface area contributed by atoms with Gasteiger partial charge in [0, 0.05) is 12.5 Å². The third kappa shape index (κ3) is 4.17. The van der Waals surface area contributed by atoms with Crippen LogP contribution in [0.15, 0.2) is 5.38 Å². The van der Waals surface area contributed by atoms with Gasteiger partial charge in [0.15, 0.2) is 11.0 Å². The van der Waals surface area contributed by atoms with E-state index in [1.165, 1.54) is 7.11 Å². The average Bonchev–Trinajstić information content (AvgIpc) is 2.76. The molecule has 0 fully saturated rings. The Labute approximate surface area is 109 Å². The van der Waals surface area contributed by atoms with E-state index in [0.717, 1.165) is 5.38 Å². The Kier molecular flexibility index (Phi) is 4.84. The summed E-state index contributed by atoms with van der Waals surface area (Å²) < 4.78 is 41.4. The second kappa shape index (κ2) is 5.97. The van der Waals surface area contributed by atoms with E-state index in [1.807, 2.05) is 5.32 Å². The monoisotopic (exact) mass is 298 g/mol. The Morgan fingerprint density at radius 1 is 1.58 bits per heavy atom. The molecule has 0 radical (unpaired) electrons.